The Morgan fingerprint density at radius 1 is 1.39 bits per heavy atom. The molecule has 1 unspecified atom stereocenters. The molecule has 1 aromatic rings. The highest BCUT2D eigenvalue weighted by molar-refractivity contribution is 9.10. The maximum atomic E-state index is 12.1. The summed E-state index contributed by atoms with van der Waals surface area (Å²) in [5.74, 6) is 0.0290. The van der Waals surface area contributed by atoms with Gasteiger partial charge in [0.2, 0.25) is 10.0 Å². The Labute approximate surface area is 117 Å². The third-order valence-electron chi connectivity index (χ3n) is 2.75. The highest BCUT2D eigenvalue weighted by Gasteiger charge is 2.22. The number of hydrogen-bond donors (Lipinski definition) is 2. The van der Waals surface area contributed by atoms with Gasteiger partial charge in [-0.3, -0.25) is 0 Å². The maximum absolute atomic E-state index is 12.1. The summed E-state index contributed by atoms with van der Waals surface area (Å²) < 4.78 is 27.6. The van der Waals surface area contributed by atoms with Crippen LogP contribution in [0, 0.1) is 12.8 Å². The van der Waals surface area contributed by atoms with Gasteiger partial charge in [0.15, 0.2) is 0 Å². The van der Waals surface area contributed by atoms with Crippen LogP contribution in [0.4, 0.5) is 0 Å². The number of hydrogen-bond acceptors (Lipinski definition) is 3. The van der Waals surface area contributed by atoms with Crippen LogP contribution in [0.15, 0.2) is 27.6 Å². The fourth-order valence-electron chi connectivity index (χ4n) is 1.44. The van der Waals surface area contributed by atoms with Gasteiger partial charge in [0.25, 0.3) is 0 Å². The quantitative estimate of drug-likeness (QED) is 0.865. The smallest absolute Gasteiger partial charge is 0.240 e. The molecular weight excluding hydrogens is 318 g/mol. The number of aryl methyl sites for hydroxylation is 1. The summed E-state index contributed by atoms with van der Waals surface area (Å²) in [7, 11) is -3.59. The molecule has 0 amide bonds. The van der Waals surface area contributed by atoms with Gasteiger partial charge >= 0.3 is 0 Å². The minimum absolute atomic E-state index is 0.0290. The molecule has 0 saturated heterocycles. The van der Waals surface area contributed by atoms with Crippen molar-refractivity contribution in [2.45, 2.75) is 31.7 Å². The van der Waals surface area contributed by atoms with Crippen molar-refractivity contribution in [1.29, 1.82) is 0 Å². The van der Waals surface area contributed by atoms with Crippen molar-refractivity contribution in [3.63, 3.8) is 0 Å². The van der Waals surface area contributed by atoms with E-state index in [0.29, 0.717) is 0 Å². The Hall–Kier alpha value is -0.430. The predicted octanol–water partition coefficient (Wildman–Crippen LogP) is 2.05. The van der Waals surface area contributed by atoms with Gasteiger partial charge in [-0.15, -0.1) is 0 Å². The molecule has 0 heterocycles. The highest BCUT2D eigenvalue weighted by atomic mass is 79.9. The van der Waals surface area contributed by atoms with Gasteiger partial charge in [-0.1, -0.05) is 29.8 Å². The van der Waals surface area contributed by atoms with Gasteiger partial charge in [0.1, 0.15) is 0 Å². The summed E-state index contributed by atoms with van der Waals surface area (Å²) in [5.41, 5.74) is 0.850. The minimum atomic E-state index is -3.59. The molecule has 0 radical (unpaired) electrons. The monoisotopic (exact) mass is 335 g/mol. The van der Waals surface area contributed by atoms with Gasteiger partial charge < -0.3 is 5.11 Å². The van der Waals surface area contributed by atoms with Gasteiger partial charge in [0, 0.05) is 10.5 Å². The van der Waals surface area contributed by atoms with E-state index in [1.807, 2.05) is 20.8 Å². The first-order valence-electron chi connectivity index (χ1n) is 5.67. The molecule has 2 N–H and O–H groups in total. The Morgan fingerprint density at radius 2 is 2.00 bits per heavy atom. The Balaban J connectivity index is 3.02. The van der Waals surface area contributed by atoms with Gasteiger partial charge in [-0.05, 0) is 36.6 Å². The second-order valence-electron chi connectivity index (χ2n) is 4.57. The van der Waals surface area contributed by atoms with E-state index in [0.717, 1.165) is 10.0 Å². The minimum Gasteiger partial charge on any atom is -0.395 e. The Kier molecular flexibility index (Phi) is 5.33. The molecule has 0 aliphatic carbocycles. The number of benzene rings is 1. The van der Waals surface area contributed by atoms with E-state index in [2.05, 4.69) is 20.7 Å². The van der Waals surface area contributed by atoms with Crippen LogP contribution in [0.25, 0.3) is 0 Å². The molecule has 1 rings (SSSR count). The fraction of sp³-hybridized carbons (Fsp3) is 0.500. The molecule has 0 aliphatic rings. The molecule has 0 aromatic heterocycles. The molecule has 0 spiro atoms. The lowest BCUT2D eigenvalue weighted by atomic mass is 10.1. The van der Waals surface area contributed by atoms with Crippen LogP contribution in [0.5, 0.6) is 0 Å². The van der Waals surface area contributed by atoms with E-state index in [9.17, 15) is 13.5 Å². The number of aliphatic hydroxyl groups is 1. The summed E-state index contributed by atoms with van der Waals surface area (Å²) in [6, 6.07) is 4.36. The molecule has 0 aliphatic heterocycles. The lowest BCUT2D eigenvalue weighted by Gasteiger charge is -2.20. The van der Waals surface area contributed by atoms with Crippen LogP contribution in [0.3, 0.4) is 0 Å². The first-order valence-corrected chi connectivity index (χ1v) is 7.95. The van der Waals surface area contributed by atoms with E-state index in [-0.39, 0.29) is 17.4 Å². The third-order valence-corrected chi connectivity index (χ3v) is 5.13. The molecule has 4 nitrogen and oxygen atoms in total. The largest absolute Gasteiger partial charge is 0.395 e. The number of aliphatic hydroxyl groups excluding tert-OH is 1. The number of sulfonamides is 1. The Morgan fingerprint density at radius 3 is 2.44 bits per heavy atom. The van der Waals surface area contributed by atoms with E-state index in [1.54, 1.807) is 12.1 Å². The van der Waals surface area contributed by atoms with Gasteiger partial charge in [-0.2, -0.15) is 0 Å². The molecule has 1 aromatic carbocycles. The van der Waals surface area contributed by atoms with Gasteiger partial charge in [-0.25, -0.2) is 13.1 Å². The number of rotatable bonds is 5. The number of nitrogens with one attached hydrogen (secondary N) is 1. The molecule has 18 heavy (non-hydrogen) atoms. The average Bonchev–Trinajstić information content (AvgIpc) is 2.29. The summed E-state index contributed by atoms with van der Waals surface area (Å²) in [4.78, 5) is 0.210. The molecule has 0 fully saturated rings. The van der Waals surface area contributed by atoms with Gasteiger partial charge in [0.05, 0.1) is 11.5 Å². The summed E-state index contributed by atoms with van der Waals surface area (Å²) in [6.07, 6.45) is 0. The van der Waals surface area contributed by atoms with Crippen molar-refractivity contribution in [3.8, 4) is 0 Å². The topological polar surface area (TPSA) is 66.4 Å². The first-order chi connectivity index (χ1) is 8.27. The lowest BCUT2D eigenvalue weighted by Crippen LogP contribution is -2.41. The summed E-state index contributed by atoms with van der Waals surface area (Å²) in [6.45, 7) is 5.33. The zero-order valence-corrected chi connectivity index (χ0v) is 13.0. The number of halogens is 1. The third kappa shape index (κ3) is 3.78. The molecule has 0 saturated carbocycles. The zero-order chi connectivity index (χ0) is 13.9. The standard InChI is InChI=1S/C12H18BrNO3S/c1-8(2)12(7-15)14-18(16,17)10-4-5-11(13)9(3)6-10/h4-6,8,12,14-15H,7H2,1-3H3. The lowest BCUT2D eigenvalue weighted by molar-refractivity contribution is 0.227. The first kappa shape index (κ1) is 15.6. The second kappa shape index (κ2) is 6.14. The normalized spacial score (nSPS) is 13.9. The van der Waals surface area contributed by atoms with E-state index in [1.165, 1.54) is 6.07 Å². The van der Waals surface area contributed by atoms with Crippen LogP contribution in [-0.2, 0) is 10.0 Å². The molecular formula is C12H18BrNO3S. The van der Waals surface area contributed by atoms with Crippen molar-refractivity contribution < 1.29 is 13.5 Å². The summed E-state index contributed by atoms with van der Waals surface area (Å²) in [5, 5.41) is 9.17. The average molecular weight is 336 g/mol. The van der Waals surface area contributed by atoms with Crippen LogP contribution in [0.2, 0.25) is 0 Å². The highest BCUT2D eigenvalue weighted by Crippen LogP contribution is 2.20. The van der Waals surface area contributed by atoms with Crippen molar-refractivity contribution in [1.82, 2.24) is 4.72 Å². The Bertz CT molecular complexity index is 514. The van der Waals surface area contributed by atoms with Crippen molar-refractivity contribution in [2.75, 3.05) is 6.61 Å². The van der Waals surface area contributed by atoms with E-state index < -0.39 is 16.1 Å². The maximum Gasteiger partial charge on any atom is 0.240 e. The van der Waals surface area contributed by atoms with Crippen molar-refractivity contribution >= 4 is 26.0 Å². The molecule has 6 heteroatoms. The molecule has 1 atom stereocenters. The predicted molar refractivity (Wildman–Crippen MR) is 74.9 cm³/mol. The van der Waals surface area contributed by atoms with E-state index in [4.69, 9.17) is 0 Å². The van der Waals surface area contributed by atoms with Crippen LogP contribution < -0.4 is 4.72 Å². The summed E-state index contributed by atoms with van der Waals surface area (Å²) >= 11 is 3.33. The SMILES string of the molecule is Cc1cc(S(=O)(=O)NC(CO)C(C)C)ccc1Br. The molecule has 0 bridgehead atoms. The fourth-order valence-corrected chi connectivity index (χ4v) is 3.14. The van der Waals surface area contributed by atoms with Crippen molar-refractivity contribution in [3.05, 3.63) is 28.2 Å². The molecule has 102 valence electrons. The zero-order valence-electron chi connectivity index (χ0n) is 10.6. The van der Waals surface area contributed by atoms with Crippen molar-refractivity contribution in [2.24, 2.45) is 5.92 Å². The second-order valence-corrected chi connectivity index (χ2v) is 7.13. The van der Waals surface area contributed by atoms with E-state index >= 15 is 0 Å². The van der Waals surface area contributed by atoms with Crippen LogP contribution >= 0.6 is 15.9 Å². The van der Waals surface area contributed by atoms with Crippen LogP contribution in [-0.4, -0.2) is 26.2 Å². The van der Waals surface area contributed by atoms with Crippen LogP contribution in [0.1, 0.15) is 19.4 Å².